The van der Waals surface area contributed by atoms with Gasteiger partial charge in [-0.3, -0.25) is 14.4 Å². The molecule has 2 aromatic carbocycles. The Hall–Kier alpha value is -2.93. The first-order valence-electron chi connectivity index (χ1n) is 9.37. The molecule has 2 atom stereocenters. The van der Waals surface area contributed by atoms with E-state index in [1.807, 2.05) is 0 Å². The first kappa shape index (κ1) is 23.3. The molecule has 30 heavy (non-hydrogen) atoms. The van der Waals surface area contributed by atoms with Crippen molar-refractivity contribution >= 4 is 29.4 Å². The van der Waals surface area contributed by atoms with Gasteiger partial charge in [0.1, 0.15) is 5.82 Å². The molecule has 0 aliphatic carbocycles. The van der Waals surface area contributed by atoms with Gasteiger partial charge in [-0.15, -0.1) is 0 Å². The van der Waals surface area contributed by atoms with Crippen LogP contribution in [0.2, 0.25) is 5.02 Å². The van der Waals surface area contributed by atoms with Gasteiger partial charge in [-0.05, 0) is 42.3 Å². The Kier molecular flexibility index (Phi) is 8.35. The number of nitrogens with one attached hydrogen (secondary N) is 1. The van der Waals surface area contributed by atoms with E-state index in [1.54, 1.807) is 43.4 Å². The minimum atomic E-state index is -1.03. The summed E-state index contributed by atoms with van der Waals surface area (Å²) in [6.45, 7) is 3.00. The zero-order valence-electron chi connectivity index (χ0n) is 17.0. The molecule has 2 amide bonds. The number of likely N-dealkylation sites (N-methyl/N-ethyl adjacent to an activating group) is 1. The minimum Gasteiger partial charge on any atom is -0.452 e. The van der Waals surface area contributed by atoms with Crippen LogP contribution in [0.25, 0.3) is 0 Å². The van der Waals surface area contributed by atoms with E-state index in [4.69, 9.17) is 16.3 Å². The maximum atomic E-state index is 13.3. The third-order valence-electron chi connectivity index (χ3n) is 4.36. The summed E-state index contributed by atoms with van der Waals surface area (Å²) < 4.78 is 18.6. The summed E-state index contributed by atoms with van der Waals surface area (Å²) in [6, 6.07) is 12.0. The summed E-state index contributed by atoms with van der Waals surface area (Å²) in [5.41, 5.74) is 1.31. The lowest BCUT2D eigenvalue weighted by Gasteiger charge is -2.23. The van der Waals surface area contributed by atoms with Gasteiger partial charge in [-0.2, -0.15) is 0 Å². The number of benzene rings is 2. The van der Waals surface area contributed by atoms with Crippen LogP contribution in [0.15, 0.2) is 48.5 Å². The second-order valence-corrected chi connectivity index (χ2v) is 7.40. The average Bonchev–Trinajstić information content (AvgIpc) is 2.67. The number of esters is 1. The number of hydrogen-bond donors (Lipinski definition) is 1. The Labute approximate surface area is 180 Å². The second kappa shape index (κ2) is 10.7. The lowest BCUT2D eigenvalue weighted by Crippen LogP contribution is -2.38. The summed E-state index contributed by atoms with van der Waals surface area (Å²) >= 11 is 5.89. The molecule has 0 heterocycles. The van der Waals surface area contributed by atoms with Crippen LogP contribution in [-0.2, 0) is 25.7 Å². The third kappa shape index (κ3) is 7.15. The molecule has 0 saturated heterocycles. The fourth-order valence-electron chi connectivity index (χ4n) is 2.95. The van der Waals surface area contributed by atoms with Gasteiger partial charge in [-0.25, -0.2) is 4.39 Å². The van der Waals surface area contributed by atoms with Gasteiger partial charge in [0.15, 0.2) is 6.10 Å². The molecule has 0 saturated carbocycles. The molecule has 2 unspecified atom stereocenters. The quantitative estimate of drug-likeness (QED) is 0.643. The first-order valence-corrected chi connectivity index (χ1v) is 9.75. The third-order valence-corrected chi connectivity index (χ3v) is 4.61. The van der Waals surface area contributed by atoms with E-state index < -0.39 is 24.0 Å². The molecule has 0 spiro atoms. The number of amides is 2. The van der Waals surface area contributed by atoms with Gasteiger partial charge in [0.2, 0.25) is 5.91 Å². The highest BCUT2D eigenvalue weighted by molar-refractivity contribution is 6.30. The molecule has 0 fully saturated rings. The van der Waals surface area contributed by atoms with E-state index in [9.17, 15) is 18.8 Å². The Morgan fingerprint density at radius 1 is 1.17 bits per heavy atom. The van der Waals surface area contributed by atoms with E-state index >= 15 is 0 Å². The number of carbonyl (C=O) groups excluding carboxylic acids is 3. The van der Waals surface area contributed by atoms with Crippen LogP contribution in [0.1, 0.15) is 37.4 Å². The normalized spacial score (nSPS) is 12.6. The van der Waals surface area contributed by atoms with Crippen molar-refractivity contribution in [3.63, 3.8) is 0 Å². The smallest absolute Gasteiger partial charge is 0.309 e. The van der Waals surface area contributed by atoms with Crippen molar-refractivity contribution in [1.29, 1.82) is 0 Å². The fraction of sp³-hybridized carbons (Fsp3) is 0.318. The van der Waals surface area contributed by atoms with Crippen LogP contribution in [-0.4, -0.2) is 35.8 Å². The maximum Gasteiger partial charge on any atom is 0.309 e. The summed E-state index contributed by atoms with van der Waals surface area (Å²) in [7, 11) is 1.55. The molecule has 1 N–H and O–H groups in total. The number of carbonyl (C=O) groups is 3. The monoisotopic (exact) mass is 434 g/mol. The van der Waals surface area contributed by atoms with Gasteiger partial charge < -0.3 is 15.0 Å². The molecule has 0 bridgehead atoms. The fourth-order valence-corrected chi connectivity index (χ4v) is 3.08. The summed E-state index contributed by atoms with van der Waals surface area (Å²) in [6.07, 6.45) is -1.17. The summed E-state index contributed by atoms with van der Waals surface area (Å²) in [5, 5.41) is 3.23. The van der Waals surface area contributed by atoms with Gasteiger partial charge in [0.05, 0.1) is 12.5 Å². The van der Waals surface area contributed by atoms with Crippen LogP contribution < -0.4 is 5.32 Å². The Bertz CT molecular complexity index is 904. The molecule has 0 radical (unpaired) electrons. The zero-order chi connectivity index (χ0) is 22.3. The van der Waals surface area contributed by atoms with E-state index in [-0.39, 0.29) is 24.7 Å². The van der Waals surface area contributed by atoms with E-state index in [0.717, 1.165) is 0 Å². The predicted molar refractivity (Wildman–Crippen MR) is 111 cm³/mol. The van der Waals surface area contributed by atoms with Crippen molar-refractivity contribution in [2.75, 3.05) is 7.05 Å². The summed E-state index contributed by atoms with van der Waals surface area (Å²) in [4.78, 5) is 37.8. The molecule has 0 aliphatic rings. The largest absolute Gasteiger partial charge is 0.452 e. The van der Waals surface area contributed by atoms with Gasteiger partial charge >= 0.3 is 5.97 Å². The molecular weight excluding hydrogens is 411 g/mol. The van der Waals surface area contributed by atoms with Crippen molar-refractivity contribution in [2.24, 2.45) is 0 Å². The lowest BCUT2D eigenvalue weighted by molar-refractivity contribution is -0.159. The lowest BCUT2D eigenvalue weighted by atomic mass is 10.0. The van der Waals surface area contributed by atoms with Crippen molar-refractivity contribution in [3.05, 3.63) is 70.5 Å². The average molecular weight is 435 g/mol. The van der Waals surface area contributed by atoms with Crippen LogP contribution in [0, 0.1) is 5.82 Å². The Balaban J connectivity index is 1.97. The molecule has 0 aromatic heterocycles. The Morgan fingerprint density at radius 3 is 2.43 bits per heavy atom. The maximum absolute atomic E-state index is 13.3. The molecular formula is C22H24ClFN2O4. The summed E-state index contributed by atoms with van der Waals surface area (Å²) in [5.74, 6) is -1.75. The van der Waals surface area contributed by atoms with Gasteiger partial charge in [0.25, 0.3) is 5.91 Å². The molecule has 160 valence electrons. The van der Waals surface area contributed by atoms with Crippen molar-refractivity contribution in [2.45, 2.75) is 39.0 Å². The SMILES string of the molecule is CC(=O)NC(CC(=O)OC(C)C(=O)N(C)Cc1cccc(F)c1)c1ccc(Cl)cc1. The molecule has 2 rings (SSSR count). The predicted octanol–water partition coefficient (Wildman–Crippen LogP) is 3.64. The van der Waals surface area contributed by atoms with Gasteiger partial charge in [0, 0.05) is 25.5 Å². The minimum absolute atomic E-state index is 0.146. The van der Waals surface area contributed by atoms with Crippen LogP contribution in [0.5, 0.6) is 0 Å². The molecule has 6 nitrogen and oxygen atoms in total. The number of ether oxygens (including phenoxy) is 1. The van der Waals surface area contributed by atoms with E-state index in [2.05, 4.69) is 5.32 Å². The van der Waals surface area contributed by atoms with Crippen LogP contribution in [0.4, 0.5) is 4.39 Å². The highest BCUT2D eigenvalue weighted by Gasteiger charge is 2.24. The first-order chi connectivity index (χ1) is 14.2. The van der Waals surface area contributed by atoms with Crippen LogP contribution in [0.3, 0.4) is 0 Å². The standard InChI is InChI=1S/C22H24ClFN2O4/c1-14(22(29)26(3)13-16-5-4-6-19(24)11-16)30-21(28)12-20(25-15(2)27)17-7-9-18(23)10-8-17/h4-11,14,20H,12-13H2,1-3H3,(H,25,27). The number of nitrogens with zero attached hydrogens (tertiary/aromatic N) is 1. The highest BCUT2D eigenvalue weighted by Crippen LogP contribution is 2.20. The van der Waals surface area contributed by atoms with E-state index in [1.165, 1.54) is 30.9 Å². The van der Waals surface area contributed by atoms with Crippen molar-refractivity contribution in [1.82, 2.24) is 10.2 Å². The highest BCUT2D eigenvalue weighted by atomic mass is 35.5. The van der Waals surface area contributed by atoms with E-state index in [0.29, 0.717) is 16.1 Å². The topological polar surface area (TPSA) is 75.7 Å². The molecule has 8 heteroatoms. The molecule has 2 aromatic rings. The Morgan fingerprint density at radius 2 is 1.83 bits per heavy atom. The zero-order valence-corrected chi connectivity index (χ0v) is 17.8. The van der Waals surface area contributed by atoms with Gasteiger partial charge in [-0.1, -0.05) is 35.9 Å². The number of rotatable bonds is 8. The number of halogens is 2. The van der Waals surface area contributed by atoms with Crippen LogP contribution >= 0.6 is 11.6 Å². The second-order valence-electron chi connectivity index (χ2n) is 6.97. The molecule has 0 aliphatic heterocycles. The van der Waals surface area contributed by atoms with Crippen molar-refractivity contribution < 1.29 is 23.5 Å². The van der Waals surface area contributed by atoms with Crippen molar-refractivity contribution in [3.8, 4) is 0 Å². The number of hydrogen-bond acceptors (Lipinski definition) is 4.